The van der Waals surface area contributed by atoms with E-state index in [-0.39, 0.29) is 11.0 Å². The van der Waals surface area contributed by atoms with Gasteiger partial charge in [-0.25, -0.2) is 24.3 Å². The molecule has 0 fully saturated rings. The number of nitrogens with zero attached hydrogens (tertiary/aromatic N) is 10. The van der Waals surface area contributed by atoms with Gasteiger partial charge in [0.05, 0.1) is 27.5 Å². The number of fused-ring (bicyclic) bond motifs is 13. The standard InChI is InChI=1S/C36H26N10O2/c1-36(2,3)25-13-14-37-30-29(25)44(21-7-5-4-6-8-21)35-41-31(47)24-11-9-22(19-27(24)45(30)35)48-23-10-12-26-28(20-23)46-33-39-16-17-42(33)32-38-15-18-43(32)34(46)40-26/h4-20H,1-3H3. The Hall–Kier alpha value is -6.56. The van der Waals surface area contributed by atoms with Gasteiger partial charge in [-0.3, -0.25) is 22.6 Å². The minimum Gasteiger partial charge on any atom is -0.457 e. The first-order chi connectivity index (χ1) is 23.3. The number of para-hydroxylation sites is 1. The quantitative estimate of drug-likeness (QED) is 0.223. The van der Waals surface area contributed by atoms with Crippen LogP contribution in [-0.4, -0.2) is 47.1 Å². The van der Waals surface area contributed by atoms with Gasteiger partial charge in [-0.05, 0) is 53.4 Å². The number of aromatic nitrogens is 10. The van der Waals surface area contributed by atoms with Crippen LogP contribution in [0.3, 0.4) is 0 Å². The molecular weight excluding hydrogens is 604 g/mol. The summed E-state index contributed by atoms with van der Waals surface area (Å²) in [6, 6.07) is 23.2. The lowest BCUT2D eigenvalue weighted by molar-refractivity contribution is 0.484. The Balaban J connectivity index is 1.20. The van der Waals surface area contributed by atoms with E-state index < -0.39 is 0 Å². The first-order valence-electron chi connectivity index (χ1n) is 15.6. The summed E-state index contributed by atoms with van der Waals surface area (Å²) in [6.07, 6.45) is 9.08. The highest BCUT2D eigenvalue weighted by molar-refractivity contribution is 5.91. The van der Waals surface area contributed by atoms with Crippen molar-refractivity contribution < 1.29 is 4.74 Å². The summed E-state index contributed by atoms with van der Waals surface area (Å²) in [5, 5.41) is 0.471. The Morgan fingerprint density at radius 3 is 2.19 bits per heavy atom. The van der Waals surface area contributed by atoms with Gasteiger partial charge in [-0.2, -0.15) is 4.98 Å². The maximum atomic E-state index is 13.6. The minimum absolute atomic E-state index is 0.199. The van der Waals surface area contributed by atoms with Crippen LogP contribution in [0.4, 0.5) is 0 Å². The smallest absolute Gasteiger partial charge is 0.282 e. The molecule has 0 aliphatic heterocycles. The average Bonchev–Trinajstić information content (AvgIpc) is 3.87. The molecule has 0 N–H and O–H groups in total. The predicted molar refractivity (Wildman–Crippen MR) is 183 cm³/mol. The Kier molecular flexibility index (Phi) is 5.14. The van der Waals surface area contributed by atoms with Gasteiger partial charge < -0.3 is 4.74 Å². The molecule has 0 saturated heterocycles. The van der Waals surface area contributed by atoms with Crippen molar-refractivity contribution in [3.05, 3.63) is 120 Å². The van der Waals surface area contributed by atoms with Crippen molar-refractivity contribution in [2.45, 2.75) is 26.2 Å². The van der Waals surface area contributed by atoms with E-state index in [0.29, 0.717) is 45.4 Å². The molecular formula is C36H26N10O2. The number of hydrogen-bond donors (Lipinski definition) is 0. The van der Waals surface area contributed by atoms with Crippen molar-refractivity contribution in [1.82, 2.24) is 47.1 Å². The summed E-state index contributed by atoms with van der Waals surface area (Å²) in [4.78, 5) is 37.0. The predicted octanol–water partition coefficient (Wildman–Crippen LogP) is 6.37. The van der Waals surface area contributed by atoms with Crippen LogP contribution in [0.1, 0.15) is 26.3 Å². The van der Waals surface area contributed by atoms with Crippen LogP contribution in [0, 0.1) is 0 Å². The van der Waals surface area contributed by atoms with Gasteiger partial charge in [0.25, 0.3) is 5.56 Å². The van der Waals surface area contributed by atoms with Crippen molar-refractivity contribution in [1.29, 1.82) is 0 Å². The second-order valence-electron chi connectivity index (χ2n) is 12.9. The molecule has 10 rings (SSSR count). The van der Waals surface area contributed by atoms with Crippen LogP contribution >= 0.6 is 0 Å². The number of rotatable bonds is 3. The second kappa shape index (κ2) is 9.26. The molecule has 12 nitrogen and oxygen atoms in total. The van der Waals surface area contributed by atoms with Gasteiger partial charge in [-0.15, -0.1) is 0 Å². The monoisotopic (exact) mass is 630 g/mol. The summed E-state index contributed by atoms with van der Waals surface area (Å²) in [5.41, 5.74) is 5.35. The fourth-order valence-electron chi connectivity index (χ4n) is 6.81. The minimum atomic E-state index is -0.324. The molecule has 12 heteroatoms. The molecule has 232 valence electrons. The first-order valence-corrected chi connectivity index (χ1v) is 15.6. The Morgan fingerprint density at radius 2 is 1.40 bits per heavy atom. The normalized spacial score (nSPS) is 12.6. The van der Waals surface area contributed by atoms with Gasteiger partial charge >= 0.3 is 0 Å². The third-order valence-corrected chi connectivity index (χ3v) is 8.92. The molecule has 0 amide bonds. The van der Waals surface area contributed by atoms with Crippen LogP contribution < -0.4 is 10.3 Å². The van der Waals surface area contributed by atoms with E-state index in [2.05, 4.69) is 35.7 Å². The fourth-order valence-corrected chi connectivity index (χ4v) is 6.81. The summed E-state index contributed by atoms with van der Waals surface area (Å²) >= 11 is 0. The largest absolute Gasteiger partial charge is 0.457 e. The van der Waals surface area contributed by atoms with Crippen molar-refractivity contribution >= 4 is 56.2 Å². The molecule has 48 heavy (non-hydrogen) atoms. The molecule has 0 aliphatic rings. The molecule has 3 aromatic carbocycles. The van der Waals surface area contributed by atoms with Crippen LogP contribution in [0.5, 0.6) is 11.5 Å². The Bertz CT molecular complexity index is 2990. The first kappa shape index (κ1) is 26.6. The maximum Gasteiger partial charge on any atom is 0.282 e. The van der Waals surface area contributed by atoms with Gasteiger partial charge in [0.1, 0.15) is 11.5 Å². The number of pyridine rings is 1. The van der Waals surface area contributed by atoms with Crippen molar-refractivity contribution in [3.63, 3.8) is 0 Å². The molecule has 0 bridgehead atoms. The molecule has 7 heterocycles. The number of hydrogen-bond acceptors (Lipinski definition) is 7. The Labute approximate surface area is 270 Å². The summed E-state index contributed by atoms with van der Waals surface area (Å²) in [5.74, 6) is 3.77. The molecule has 0 unspecified atom stereocenters. The second-order valence-corrected chi connectivity index (χ2v) is 12.9. The van der Waals surface area contributed by atoms with E-state index >= 15 is 0 Å². The number of imidazole rings is 4. The Morgan fingerprint density at radius 1 is 0.667 bits per heavy atom. The van der Waals surface area contributed by atoms with Gasteiger partial charge in [0.15, 0.2) is 5.65 Å². The van der Waals surface area contributed by atoms with E-state index in [4.69, 9.17) is 14.7 Å². The number of benzene rings is 3. The molecule has 7 aromatic heterocycles. The van der Waals surface area contributed by atoms with E-state index in [1.165, 1.54) is 0 Å². The van der Waals surface area contributed by atoms with Gasteiger partial charge in [0, 0.05) is 48.8 Å². The topological polar surface area (TPSA) is 113 Å². The third-order valence-electron chi connectivity index (χ3n) is 8.92. The lowest BCUT2D eigenvalue weighted by atomic mass is 9.87. The fraction of sp³-hybridized carbons (Fsp3) is 0.111. The lowest BCUT2D eigenvalue weighted by Crippen LogP contribution is -2.14. The third kappa shape index (κ3) is 3.59. The molecule has 0 radical (unpaired) electrons. The zero-order valence-electron chi connectivity index (χ0n) is 26.1. The van der Waals surface area contributed by atoms with E-state index in [9.17, 15) is 4.79 Å². The van der Waals surface area contributed by atoms with Crippen molar-refractivity contribution in [2.24, 2.45) is 0 Å². The maximum absolute atomic E-state index is 13.6. The SMILES string of the molecule is CC(C)(C)c1ccnc2c1n(-c1ccccc1)c1nc(=O)c3ccc(Oc4ccc5nc6n7ccnc7n7ccnc7n6c5c4)cc3n21. The van der Waals surface area contributed by atoms with Crippen LogP contribution in [0.15, 0.2) is 109 Å². The highest BCUT2D eigenvalue weighted by atomic mass is 16.5. The average molecular weight is 631 g/mol. The summed E-state index contributed by atoms with van der Waals surface area (Å²) in [6.45, 7) is 6.52. The molecule has 0 spiro atoms. The van der Waals surface area contributed by atoms with Crippen molar-refractivity contribution in [2.75, 3.05) is 0 Å². The zero-order chi connectivity index (χ0) is 32.3. The van der Waals surface area contributed by atoms with Crippen LogP contribution in [0.2, 0.25) is 0 Å². The number of ether oxygens (including phenoxy) is 1. The van der Waals surface area contributed by atoms with Gasteiger partial charge in [0.2, 0.25) is 23.1 Å². The van der Waals surface area contributed by atoms with Crippen molar-refractivity contribution in [3.8, 4) is 17.2 Å². The molecule has 0 saturated carbocycles. The van der Waals surface area contributed by atoms with Crippen LogP contribution in [0.25, 0.3) is 61.9 Å². The lowest BCUT2D eigenvalue weighted by Gasteiger charge is -2.21. The zero-order valence-corrected chi connectivity index (χ0v) is 26.1. The molecule has 0 atom stereocenters. The van der Waals surface area contributed by atoms with E-state index in [0.717, 1.165) is 33.6 Å². The van der Waals surface area contributed by atoms with Gasteiger partial charge in [-0.1, -0.05) is 39.0 Å². The van der Waals surface area contributed by atoms with E-state index in [1.54, 1.807) is 24.5 Å². The molecule has 10 aromatic rings. The highest BCUT2D eigenvalue weighted by Crippen LogP contribution is 2.35. The highest BCUT2D eigenvalue weighted by Gasteiger charge is 2.25. The summed E-state index contributed by atoms with van der Waals surface area (Å²) in [7, 11) is 0. The van der Waals surface area contributed by atoms with E-state index in [1.807, 2.05) is 101 Å². The van der Waals surface area contributed by atoms with Crippen LogP contribution in [-0.2, 0) is 5.41 Å². The summed E-state index contributed by atoms with van der Waals surface area (Å²) < 4.78 is 16.3. The molecule has 0 aliphatic carbocycles.